The molecule has 0 aliphatic heterocycles. The van der Waals surface area contributed by atoms with Gasteiger partial charge in [-0.05, 0) is 72.1 Å². The van der Waals surface area contributed by atoms with Crippen LogP contribution in [0.1, 0.15) is 64.3 Å². The number of hydrogen-bond donors (Lipinski definition) is 2. The van der Waals surface area contributed by atoms with Gasteiger partial charge in [-0.3, -0.25) is 14.5 Å². The molecule has 7 nitrogen and oxygen atoms in total. The Morgan fingerprint density at radius 2 is 1.70 bits per heavy atom. The maximum Gasteiger partial charge on any atom is 0.408 e. The van der Waals surface area contributed by atoms with Gasteiger partial charge in [0, 0.05) is 11.6 Å². The van der Waals surface area contributed by atoms with E-state index in [-0.39, 0.29) is 0 Å². The molecule has 1 aromatic rings. The number of hydrogen-bond acceptors (Lipinski definition) is 4. The molecule has 1 unspecified atom stereocenters. The summed E-state index contributed by atoms with van der Waals surface area (Å²) < 4.78 is 5.14. The molecule has 0 fully saturated rings. The lowest BCUT2D eigenvalue weighted by atomic mass is 9.98. The fraction of sp³-hybridized carbons (Fsp3) is 0.522. The summed E-state index contributed by atoms with van der Waals surface area (Å²) in [7, 11) is 0. The monoisotopic (exact) mass is 415 g/mol. The predicted molar refractivity (Wildman–Crippen MR) is 116 cm³/mol. The average Bonchev–Trinajstić information content (AvgIpc) is 2.57. The lowest BCUT2D eigenvalue weighted by Crippen LogP contribution is -2.49. The van der Waals surface area contributed by atoms with Crippen LogP contribution in [0.2, 0.25) is 0 Å². The number of ether oxygens (including phenoxy) is 1. The molecule has 2 N–H and O–H groups in total. The molecule has 30 heavy (non-hydrogen) atoms. The highest BCUT2D eigenvalue weighted by Gasteiger charge is 2.33. The van der Waals surface area contributed by atoms with Crippen molar-refractivity contribution in [2.45, 2.75) is 72.6 Å². The number of terminal acetylenes is 1. The van der Waals surface area contributed by atoms with Crippen molar-refractivity contribution in [3.05, 3.63) is 34.9 Å². The maximum absolute atomic E-state index is 13.1. The molecular weight excluding hydrogens is 382 g/mol. The molecular formula is C23H33N3O4. The topological polar surface area (TPSA) is 87.7 Å². The van der Waals surface area contributed by atoms with Gasteiger partial charge in [-0.15, -0.1) is 0 Å². The number of carbonyl (C=O) groups is 3. The molecule has 0 spiro atoms. The van der Waals surface area contributed by atoms with Gasteiger partial charge in [0.05, 0.1) is 0 Å². The Labute approximate surface area is 179 Å². The zero-order valence-corrected chi connectivity index (χ0v) is 19.2. The number of benzene rings is 1. The number of alkyl carbamates (subject to hydrolysis) is 1. The minimum Gasteiger partial charge on any atom is -0.444 e. The van der Waals surface area contributed by atoms with Gasteiger partial charge < -0.3 is 15.4 Å². The first kappa shape index (κ1) is 25.0. The van der Waals surface area contributed by atoms with Crippen LogP contribution in [0.25, 0.3) is 0 Å². The summed E-state index contributed by atoms with van der Waals surface area (Å²) in [5, 5.41) is 5.27. The number of amides is 3. The van der Waals surface area contributed by atoms with E-state index in [4.69, 9.17) is 11.2 Å². The number of rotatable bonds is 5. The standard InChI is InChI=1S/C23H33N3O4/c1-10-26(18(27)14-24-21(29)30-23(7,8)9)19(20(28)25-22(4,5)6)17-12-11-15(2)16(3)13-17/h1,11-13,19H,14H2,2-9H3,(H,24,29)(H,25,28). The van der Waals surface area contributed by atoms with E-state index in [1.807, 2.05) is 46.8 Å². The Bertz CT molecular complexity index is 841. The van der Waals surface area contributed by atoms with Crippen molar-refractivity contribution < 1.29 is 19.1 Å². The van der Waals surface area contributed by atoms with Crippen LogP contribution >= 0.6 is 0 Å². The third-order valence-electron chi connectivity index (χ3n) is 4.04. The van der Waals surface area contributed by atoms with E-state index in [0.717, 1.165) is 16.0 Å². The molecule has 1 atom stereocenters. The molecule has 3 amide bonds. The normalized spacial score (nSPS) is 12.4. The average molecular weight is 416 g/mol. The van der Waals surface area contributed by atoms with Gasteiger partial charge in [-0.25, -0.2) is 4.79 Å². The minimum atomic E-state index is -1.04. The molecule has 0 saturated heterocycles. The van der Waals surface area contributed by atoms with E-state index in [9.17, 15) is 14.4 Å². The van der Waals surface area contributed by atoms with Crippen LogP contribution in [-0.2, 0) is 14.3 Å². The van der Waals surface area contributed by atoms with Crippen molar-refractivity contribution in [2.75, 3.05) is 6.54 Å². The molecule has 1 rings (SSSR count). The largest absolute Gasteiger partial charge is 0.444 e. The van der Waals surface area contributed by atoms with Crippen molar-refractivity contribution in [2.24, 2.45) is 0 Å². The van der Waals surface area contributed by atoms with E-state index in [0.29, 0.717) is 5.56 Å². The van der Waals surface area contributed by atoms with Crippen molar-refractivity contribution in [1.82, 2.24) is 15.5 Å². The number of carbonyl (C=O) groups excluding carboxylic acids is 3. The van der Waals surface area contributed by atoms with Crippen molar-refractivity contribution in [3.8, 4) is 12.5 Å². The zero-order valence-electron chi connectivity index (χ0n) is 19.2. The summed E-state index contributed by atoms with van der Waals surface area (Å²) in [6, 6.07) is 6.75. The Morgan fingerprint density at radius 3 is 2.17 bits per heavy atom. The quantitative estimate of drug-likeness (QED) is 0.571. The third-order valence-corrected chi connectivity index (χ3v) is 4.04. The molecule has 0 radical (unpaired) electrons. The molecule has 0 aliphatic carbocycles. The highest BCUT2D eigenvalue weighted by atomic mass is 16.6. The second kappa shape index (κ2) is 9.66. The Balaban J connectivity index is 3.17. The summed E-state index contributed by atoms with van der Waals surface area (Å²) in [5.41, 5.74) is 1.39. The summed E-state index contributed by atoms with van der Waals surface area (Å²) >= 11 is 0. The number of nitrogens with one attached hydrogen (secondary N) is 2. The van der Waals surface area contributed by atoms with Crippen molar-refractivity contribution in [3.63, 3.8) is 0 Å². The first-order valence-corrected chi connectivity index (χ1v) is 9.79. The lowest BCUT2D eigenvalue weighted by molar-refractivity contribution is -0.137. The van der Waals surface area contributed by atoms with Gasteiger partial charge in [0.2, 0.25) is 5.91 Å². The van der Waals surface area contributed by atoms with Crippen LogP contribution in [0.3, 0.4) is 0 Å². The SMILES string of the molecule is C#CN(C(=O)CNC(=O)OC(C)(C)C)C(C(=O)NC(C)(C)C)c1ccc(C)c(C)c1. The van der Waals surface area contributed by atoms with Gasteiger partial charge >= 0.3 is 6.09 Å². The first-order chi connectivity index (χ1) is 13.6. The molecule has 164 valence electrons. The molecule has 7 heteroatoms. The van der Waals surface area contributed by atoms with Gasteiger partial charge in [-0.2, -0.15) is 0 Å². The fourth-order valence-corrected chi connectivity index (χ4v) is 2.63. The molecule has 0 bridgehead atoms. The Morgan fingerprint density at radius 1 is 1.10 bits per heavy atom. The van der Waals surface area contributed by atoms with Crippen LogP contribution < -0.4 is 10.6 Å². The first-order valence-electron chi connectivity index (χ1n) is 9.79. The molecule has 0 aliphatic rings. The van der Waals surface area contributed by atoms with Crippen LogP contribution in [0.5, 0.6) is 0 Å². The molecule has 1 aromatic carbocycles. The summed E-state index contributed by atoms with van der Waals surface area (Å²) in [5.74, 6) is -1.01. The number of aryl methyl sites for hydroxylation is 2. The molecule has 0 heterocycles. The van der Waals surface area contributed by atoms with E-state index in [1.54, 1.807) is 26.8 Å². The summed E-state index contributed by atoms with van der Waals surface area (Å²) in [6.45, 7) is 14.2. The van der Waals surface area contributed by atoms with E-state index in [2.05, 4.69) is 16.7 Å². The lowest BCUT2D eigenvalue weighted by Gasteiger charge is -2.30. The smallest absolute Gasteiger partial charge is 0.408 e. The Hall–Kier alpha value is -3.01. The maximum atomic E-state index is 13.1. The summed E-state index contributed by atoms with van der Waals surface area (Å²) in [6.07, 6.45) is 4.88. The Kier molecular flexibility index (Phi) is 8.06. The van der Waals surface area contributed by atoms with Crippen molar-refractivity contribution in [1.29, 1.82) is 0 Å². The van der Waals surface area contributed by atoms with Crippen molar-refractivity contribution >= 4 is 17.9 Å². The predicted octanol–water partition coefficient (Wildman–Crippen LogP) is 3.20. The van der Waals surface area contributed by atoms with E-state index in [1.165, 1.54) is 0 Å². The highest BCUT2D eigenvalue weighted by molar-refractivity contribution is 5.91. The number of nitrogens with zero attached hydrogens (tertiary/aromatic N) is 1. The fourth-order valence-electron chi connectivity index (χ4n) is 2.63. The van der Waals surface area contributed by atoms with Gasteiger partial charge in [0.25, 0.3) is 5.91 Å². The third kappa shape index (κ3) is 7.78. The van der Waals surface area contributed by atoms with Gasteiger partial charge in [-0.1, -0.05) is 24.6 Å². The van der Waals surface area contributed by atoms with E-state index < -0.39 is 41.6 Å². The minimum absolute atomic E-state index is 0.400. The highest BCUT2D eigenvalue weighted by Crippen LogP contribution is 2.24. The van der Waals surface area contributed by atoms with Gasteiger partial charge in [0.1, 0.15) is 18.2 Å². The molecule has 0 aromatic heterocycles. The molecule has 0 saturated carbocycles. The zero-order chi connectivity index (χ0) is 23.3. The van der Waals surface area contributed by atoms with Crippen LogP contribution in [0, 0.1) is 26.3 Å². The van der Waals surface area contributed by atoms with Crippen LogP contribution in [0.15, 0.2) is 18.2 Å². The summed E-state index contributed by atoms with van der Waals surface area (Å²) in [4.78, 5) is 38.8. The second-order valence-electron chi connectivity index (χ2n) is 9.23. The van der Waals surface area contributed by atoms with E-state index >= 15 is 0 Å². The second-order valence-corrected chi connectivity index (χ2v) is 9.23. The van der Waals surface area contributed by atoms with Crippen LogP contribution in [0.4, 0.5) is 4.79 Å². The van der Waals surface area contributed by atoms with Crippen LogP contribution in [-0.4, -0.2) is 40.5 Å². The van der Waals surface area contributed by atoms with Gasteiger partial charge in [0.15, 0.2) is 0 Å².